The molecule has 144 valence electrons. The molecule has 5 heteroatoms. The minimum absolute atomic E-state index is 0.0731. The first-order valence-corrected chi connectivity index (χ1v) is 9.75. The highest BCUT2D eigenvalue weighted by Gasteiger charge is 2.49. The quantitative estimate of drug-likeness (QED) is 0.652. The van der Waals surface area contributed by atoms with Gasteiger partial charge in [-0.2, -0.15) is 0 Å². The lowest BCUT2D eigenvalue weighted by atomic mass is 9.64. The molecule has 1 aromatic carbocycles. The minimum atomic E-state index is -0.885. The number of halogens is 1. The van der Waals surface area contributed by atoms with E-state index in [2.05, 4.69) is 10.3 Å². The molecule has 2 fully saturated rings. The molecule has 0 bridgehead atoms. The average molecular weight is 378 g/mol. The predicted molar refractivity (Wildman–Crippen MR) is 105 cm³/mol. The van der Waals surface area contributed by atoms with Gasteiger partial charge in [0.15, 0.2) is 5.78 Å². The van der Waals surface area contributed by atoms with Gasteiger partial charge in [-0.3, -0.25) is 14.6 Å². The van der Waals surface area contributed by atoms with E-state index in [0.29, 0.717) is 19.3 Å². The molecule has 1 saturated heterocycles. The number of alkyl halides is 1. The van der Waals surface area contributed by atoms with Gasteiger partial charge in [0, 0.05) is 24.4 Å². The second-order valence-corrected chi connectivity index (χ2v) is 7.63. The van der Waals surface area contributed by atoms with E-state index in [0.717, 1.165) is 11.1 Å². The summed E-state index contributed by atoms with van der Waals surface area (Å²) in [6.45, 7) is 0. The lowest BCUT2D eigenvalue weighted by molar-refractivity contribution is -0.138. The zero-order valence-electron chi connectivity index (χ0n) is 15.5. The first-order valence-electron chi connectivity index (χ1n) is 9.75. The van der Waals surface area contributed by atoms with Gasteiger partial charge in [-0.05, 0) is 54.5 Å². The van der Waals surface area contributed by atoms with Crippen molar-refractivity contribution in [3.05, 3.63) is 72.1 Å². The number of pyridine rings is 1. The number of fused-ring (bicyclic) bond motifs is 1. The van der Waals surface area contributed by atoms with Crippen LogP contribution in [0.25, 0.3) is 6.08 Å². The predicted octanol–water partition coefficient (Wildman–Crippen LogP) is 3.70. The molecule has 4 nitrogen and oxygen atoms in total. The summed E-state index contributed by atoms with van der Waals surface area (Å²) in [4.78, 5) is 30.0. The molecule has 5 atom stereocenters. The third-order valence-electron chi connectivity index (χ3n) is 5.88. The lowest BCUT2D eigenvalue weighted by Crippen LogP contribution is -2.57. The maximum absolute atomic E-state index is 14.2. The smallest absolute Gasteiger partial charge is 0.231 e. The monoisotopic (exact) mass is 378 g/mol. The SMILES string of the molecule is O=C(/C=C/c1cccnc1)C1C(=O)NC2CCC(F)CC2C1c1ccccc1. The van der Waals surface area contributed by atoms with Crippen LogP contribution in [0.1, 0.15) is 36.3 Å². The van der Waals surface area contributed by atoms with E-state index in [9.17, 15) is 14.0 Å². The Morgan fingerprint density at radius 3 is 2.71 bits per heavy atom. The van der Waals surface area contributed by atoms with Crippen molar-refractivity contribution >= 4 is 17.8 Å². The summed E-state index contributed by atoms with van der Waals surface area (Å²) in [5.74, 6) is -1.75. The van der Waals surface area contributed by atoms with Crippen LogP contribution in [0.5, 0.6) is 0 Å². The minimum Gasteiger partial charge on any atom is -0.352 e. The number of piperidine rings is 1. The highest BCUT2D eigenvalue weighted by Crippen LogP contribution is 2.45. The van der Waals surface area contributed by atoms with E-state index in [-0.39, 0.29) is 29.6 Å². The van der Waals surface area contributed by atoms with Crippen LogP contribution in [0.2, 0.25) is 0 Å². The lowest BCUT2D eigenvalue weighted by Gasteiger charge is -2.45. The first kappa shape index (κ1) is 18.5. The second kappa shape index (κ2) is 8.05. The van der Waals surface area contributed by atoms with Gasteiger partial charge < -0.3 is 5.32 Å². The van der Waals surface area contributed by atoms with Gasteiger partial charge in [0.2, 0.25) is 5.91 Å². The van der Waals surface area contributed by atoms with Gasteiger partial charge in [0.05, 0.1) is 0 Å². The fourth-order valence-electron chi connectivity index (χ4n) is 4.59. The molecule has 28 heavy (non-hydrogen) atoms. The largest absolute Gasteiger partial charge is 0.352 e. The number of benzene rings is 1. The fourth-order valence-corrected chi connectivity index (χ4v) is 4.59. The molecule has 1 N–H and O–H groups in total. The molecule has 2 heterocycles. The third-order valence-corrected chi connectivity index (χ3v) is 5.88. The summed E-state index contributed by atoms with van der Waals surface area (Å²) in [7, 11) is 0. The Morgan fingerprint density at radius 2 is 1.96 bits per heavy atom. The van der Waals surface area contributed by atoms with Crippen LogP contribution in [-0.2, 0) is 9.59 Å². The van der Waals surface area contributed by atoms with E-state index >= 15 is 0 Å². The number of nitrogens with zero attached hydrogens (tertiary/aromatic N) is 1. The molecular formula is C23H23FN2O2. The Kier molecular flexibility index (Phi) is 5.33. The topological polar surface area (TPSA) is 59.1 Å². The van der Waals surface area contributed by atoms with E-state index in [1.807, 2.05) is 36.4 Å². The molecule has 2 aliphatic rings. The fraction of sp³-hybridized carbons (Fsp3) is 0.348. The highest BCUT2D eigenvalue weighted by atomic mass is 19.1. The summed E-state index contributed by atoms with van der Waals surface area (Å²) >= 11 is 0. The molecule has 1 aliphatic heterocycles. The van der Waals surface area contributed by atoms with Crippen molar-refractivity contribution in [3.63, 3.8) is 0 Å². The van der Waals surface area contributed by atoms with E-state index in [4.69, 9.17) is 0 Å². The van der Waals surface area contributed by atoms with Crippen LogP contribution >= 0.6 is 0 Å². The van der Waals surface area contributed by atoms with Gasteiger partial charge in [0.25, 0.3) is 0 Å². The molecule has 0 spiro atoms. The van der Waals surface area contributed by atoms with E-state index < -0.39 is 12.1 Å². The molecular weight excluding hydrogens is 355 g/mol. The zero-order chi connectivity index (χ0) is 19.5. The summed E-state index contributed by atoms with van der Waals surface area (Å²) in [5, 5.41) is 3.00. The van der Waals surface area contributed by atoms with Gasteiger partial charge >= 0.3 is 0 Å². The first-order chi connectivity index (χ1) is 13.6. The van der Waals surface area contributed by atoms with Crippen LogP contribution in [0.15, 0.2) is 60.9 Å². The standard InChI is InChI=1S/C23H23FN2O2/c24-17-9-10-19-18(13-17)21(16-6-2-1-3-7-16)22(23(28)26-19)20(27)11-8-15-5-4-12-25-14-15/h1-8,11-12,14,17-19,21-22H,9-10,13H2,(H,26,28)/b11-8+. The highest BCUT2D eigenvalue weighted by molar-refractivity contribution is 6.09. The zero-order valence-corrected chi connectivity index (χ0v) is 15.5. The van der Waals surface area contributed by atoms with Gasteiger partial charge in [-0.1, -0.05) is 36.4 Å². The third kappa shape index (κ3) is 3.75. The van der Waals surface area contributed by atoms with Crippen molar-refractivity contribution in [3.8, 4) is 0 Å². The number of amides is 1. The maximum Gasteiger partial charge on any atom is 0.231 e. The Hall–Kier alpha value is -2.82. The van der Waals surface area contributed by atoms with Crippen molar-refractivity contribution in [1.29, 1.82) is 0 Å². The molecule has 1 saturated carbocycles. The Bertz CT molecular complexity index is 869. The molecule has 1 aromatic heterocycles. The van der Waals surface area contributed by atoms with Crippen LogP contribution in [-0.4, -0.2) is 28.9 Å². The summed E-state index contributed by atoms with van der Waals surface area (Å²) in [6, 6.07) is 13.1. The maximum atomic E-state index is 14.2. The number of ketones is 1. The number of rotatable bonds is 4. The number of allylic oxidation sites excluding steroid dienone is 1. The van der Waals surface area contributed by atoms with Gasteiger partial charge in [-0.15, -0.1) is 0 Å². The van der Waals surface area contributed by atoms with Crippen LogP contribution in [0, 0.1) is 11.8 Å². The number of hydrogen-bond donors (Lipinski definition) is 1. The summed E-state index contributed by atoms with van der Waals surface area (Å²) in [6.07, 6.45) is 7.02. The Morgan fingerprint density at radius 1 is 1.14 bits per heavy atom. The average Bonchev–Trinajstić information content (AvgIpc) is 2.73. The molecule has 2 aromatic rings. The van der Waals surface area contributed by atoms with Crippen molar-refractivity contribution < 1.29 is 14.0 Å². The number of aromatic nitrogens is 1. The van der Waals surface area contributed by atoms with Crippen molar-refractivity contribution in [2.24, 2.45) is 11.8 Å². The van der Waals surface area contributed by atoms with Crippen LogP contribution < -0.4 is 5.32 Å². The molecule has 1 aliphatic carbocycles. The van der Waals surface area contributed by atoms with Crippen LogP contribution in [0.3, 0.4) is 0 Å². The molecule has 4 rings (SSSR count). The molecule has 0 radical (unpaired) electrons. The second-order valence-electron chi connectivity index (χ2n) is 7.63. The molecule has 1 amide bonds. The van der Waals surface area contributed by atoms with Gasteiger partial charge in [0.1, 0.15) is 12.1 Å². The van der Waals surface area contributed by atoms with E-state index in [1.54, 1.807) is 24.5 Å². The van der Waals surface area contributed by atoms with Crippen molar-refractivity contribution in [2.75, 3.05) is 0 Å². The number of carbonyl (C=O) groups excluding carboxylic acids is 2. The van der Waals surface area contributed by atoms with Crippen LogP contribution in [0.4, 0.5) is 4.39 Å². The van der Waals surface area contributed by atoms with Gasteiger partial charge in [-0.25, -0.2) is 4.39 Å². The van der Waals surface area contributed by atoms with Crippen molar-refractivity contribution in [1.82, 2.24) is 10.3 Å². The molecule has 5 unspecified atom stereocenters. The van der Waals surface area contributed by atoms with E-state index in [1.165, 1.54) is 6.08 Å². The number of nitrogens with one attached hydrogen (secondary N) is 1. The normalized spacial score (nSPS) is 29.9. The van der Waals surface area contributed by atoms with Crippen molar-refractivity contribution in [2.45, 2.75) is 37.4 Å². The number of carbonyl (C=O) groups is 2. The summed E-state index contributed by atoms with van der Waals surface area (Å²) in [5.41, 5.74) is 1.72. The Labute approximate surface area is 163 Å². The summed E-state index contributed by atoms with van der Waals surface area (Å²) < 4.78 is 14.2. The number of hydrogen-bond acceptors (Lipinski definition) is 3. The Balaban J connectivity index is 1.67.